The first-order valence-electron chi connectivity index (χ1n) is 13.7. The number of hydrogen-bond acceptors (Lipinski definition) is 5. The molecule has 0 bridgehead atoms. The second-order valence-corrected chi connectivity index (χ2v) is 10.9. The van der Waals surface area contributed by atoms with Crippen molar-refractivity contribution in [2.45, 2.75) is 76.0 Å². The first kappa shape index (κ1) is 28.3. The minimum absolute atomic E-state index is 0.0164. The zero-order valence-corrected chi connectivity index (χ0v) is 22.6. The van der Waals surface area contributed by atoms with E-state index in [1.807, 2.05) is 54.6 Å². The maximum absolute atomic E-state index is 13.8. The van der Waals surface area contributed by atoms with Gasteiger partial charge in [-0.3, -0.25) is 19.2 Å². The van der Waals surface area contributed by atoms with Crippen LogP contribution in [0.1, 0.15) is 51.5 Å². The average molecular weight is 535 g/mol. The molecule has 4 N–H and O–H groups in total. The lowest BCUT2D eigenvalue weighted by molar-refractivity contribution is -0.144. The molecule has 0 unspecified atom stereocenters. The number of fused-ring (bicyclic) bond motifs is 1. The van der Waals surface area contributed by atoms with Crippen molar-refractivity contribution in [3.63, 3.8) is 0 Å². The molecule has 39 heavy (non-hydrogen) atoms. The number of amides is 4. The van der Waals surface area contributed by atoms with E-state index < -0.39 is 35.5 Å². The van der Waals surface area contributed by atoms with Crippen LogP contribution in [0, 0.1) is 0 Å². The summed E-state index contributed by atoms with van der Waals surface area (Å²) in [6.07, 6.45) is 2.73. The second kappa shape index (κ2) is 12.4. The SMILES string of the molecule is CC1(C)NC(=O)[C@H](CCCCO)NC(=O)[C@H]2CCCN2C(=O)[C@H](Cc2ccc(-c3ccccc3)cc2)NC1=O. The molecule has 2 aromatic rings. The normalized spacial score (nSPS) is 23.7. The van der Waals surface area contributed by atoms with Crippen LogP contribution in [0.2, 0.25) is 0 Å². The molecule has 0 aromatic heterocycles. The summed E-state index contributed by atoms with van der Waals surface area (Å²) in [7, 11) is 0. The molecule has 2 fully saturated rings. The van der Waals surface area contributed by atoms with Gasteiger partial charge in [0.15, 0.2) is 0 Å². The predicted molar refractivity (Wildman–Crippen MR) is 147 cm³/mol. The van der Waals surface area contributed by atoms with Crippen LogP contribution in [0.5, 0.6) is 0 Å². The van der Waals surface area contributed by atoms with Gasteiger partial charge in [-0.15, -0.1) is 0 Å². The molecule has 0 saturated carbocycles. The number of aliphatic hydroxyl groups is 1. The number of unbranched alkanes of at least 4 members (excludes halogenated alkanes) is 1. The highest BCUT2D eigenvalue weighted by Gasteiger charge is 2.42. The van der Waals surface area contributed by atoms with Crippen molar-refractivity contribution < 1.29 is 24.3 Å². The molecule has 9 nitrogen and oxygen atoms in total. The third-order valence-corrected chi connectivity index (χ3v) is 7.48. The van der Waals surface area contributed by atoms with Crippen molar-refractivity contribution in [3.05, 3.63) is 60.2 Å². The van der Waals surface area contributed by atoms with E-state index in [-0.39, 0.29) is 24.8 Å². The van der Waals surface area contributed by atoms with E-state index in [2.05, 4.69) is 16.0 Å². The molecule has 2 aliphatic rings. The van der Waals surface area contributed by atoms with Gasteiger partial charge in [0, 0.05) is 19.6 Å². The smallest absolute Gasteiger partial charge is 0.246 e. The molecule has 4 rings (SSSR count). The van der Waals surface area contributed by atoms with E-state index >= 15 is 0 Å². The standard InChI is InChI=1S/C30H38N4O5/c1-30(2)29(39)32-24(19-20-13-15-22(16-14-20)21-9-4-3-5-10-21)28(38)34-17-8-12-25(34)27(37)31-23(26(36)33-30)11-6-7-18-35/h3-5,9-10,13-16,23-25,35H,6-8,11-12,17-19H2,1-2H3,(H,31,37)(H,32,39)(H,33,36)/t23-,24-,25+/m0/s1. The average Bonchev–Trinajstić information content (AvgIpc) is 3.42. The highest BCUT2D eigenvalue weighted by molar-refractivity contribution is 5.99. The number of nitrogens with one attached hydrogen (secondary N) is 3. The summed E-state index contributed by atoms with van der Waals surface area (Å²) < 4.78 is 0. The Kier molecular flexibility index (Phi) is 9.01. The van der Waals surface area contributed by atoms with Crippen molar-refractivity contribution in [3.8, 4) is 11.1 Å². The van der Waals surface area contributed by atoms with Gasteiger partial charge in [0.1, 0.15) is 23.7 Å². The molecule has 4 amide bonds. The van der Waals surface area contributed by atoms with Crippen molar-refractivity contribution >= 4 is 23.6 Å². The van der Waals surface area contributed by atoms with Gasteiger partial charge in [-0.05, 0) is 62.6 Å². The molecule has 9 heteroatoms. The van der Waals surface area contributed by atoms with E-state index in [4.69, 9.17) is 5.11 Å². The molecular formula is C30H38N4O5. The van der Waals surface area contributed by atoms with Crippen molar-refractivity contribution in [1.29, 1.82) is 0 Å². The molecule has 3 atom stereocenters. The number of carbonyl (C=O) groups is 4. The van der Waals surface area contributed by atoms with E-state index in [0.717, 1.165) is 16.7 Å². The lowest BCUT2D eigenvalue weighted by Gasteiger charge is -2.34. The number of nitrogens with zero attached hydrogens (tertiary/aromatic N) is 1. The van der Waals surface area contributed by atoms with Gasteiger partial charge < -0.3 is 26.0 Å². The monoisotopic (exact) mass is 534 g/mol. The Hall–Kier alpha value is -3.72. The molecule has 2 heterocycles. The van der Waals surface area contributed by atoms with Crippen LogP contribution in [-0.4, -0.2) is 70.5 Å². The highest BCUT2D eigenvalue weighted by Crippen LogP contribution is 2.23. The van der Waals surface area contributed by atoms with E-state index in [1.54, 1.807) is 13.8 Å². The maximum atomic E-state index is 13.8. The van der Waals surface area contributed by atoms with Gasteiger partial charge in [0.2, 0.25) is 23.6 Å². The fourth-order valence-electron chi connectivity index (χ4n) is 5.19. The molecular weight excluding hydrogens is 496 g/mol. The van der Waals surface area contributed by atoms with Gasteiger partial charge in [-0.25, -0.2) is 0 Å². The number of carbonyl (C=O) groups excluding carboxylic acids is 4. The number of benzene rings is 2. The highest BCUT2D eigenvalue weighted by atomic mass is 16.3. The Morgan fingerprint density at radius 3 is 2.26 bits per heavy atom. The summed E-state index contributed by atoms with van der Waals surface area (Å²) in [6, 6.07) is 15.3. The molecule has 208 valence electrons. The second-order valence-electron chi connectivity index (χ2n) is 10.9. The van der Waals surface area contributed by atoms with Gasteiger partial charge in [0.05, 0.1) is 0 Å². The topological polar surface area (TPSA) is 128 Å². The number of rotatable bonds is 7. The summed E-state index contributed by atoms with van der Waals surface area (Å²) >= 11 is 0. The van der Waals surface area contributed by atoms with Gasteiger partial charge in [-0.2, -0.15) is 0 Å². The Labute approximate surface area is 229 Å². The molecule has 2 aromatic carbocycles. The lowest BCUT2D eigenvalue weighted by Crippen LogP contribution is -2.64. The van der Waals surface area contributed by atoms with Crippen molar-refractivity contribution in [2.24, 2.45) is 0 Å². The van der Waals surface area contributed by atoms with Crippen LogP contribution >= 0.6 is 0 Å². The van der Waals surface area contributed by atoms with Crippen molar-refractivity contribution in [1.82, 2.24) is 20.9 Å². The van der Waals surface area contributed by atoms with Crippen LogP contribution in [-0.2, 0) is 25.6 Å². The first-order valence-corrected chi connectivity index (χ1v) is 13.7. The summed E-state index contributed by atoms with van der Waals surface area (Å²) in [5, 5.41) is 17.6. The van der Waals surface area contributed by atoms with Crippen LogP contribution in [0.3, 0.4) is 0 Å². The molecule has 2 aliphatic heterocycles. The Morgan fingerprint density at radius 2 is 1.56 bits per heavy atom. The van der Waals surface area contributed by atoms with Crippen LogP contribution < -0.4 is 16.0 Å². The summed E-state index contributed by atoms with van der Waals surface area (Å²) in [6.45, 7) is 3.54. The molecule has 0 radical (unpaired) electrons. The van der Waals surface area contributed by atoms with Crippen LogP contribution in [0.15, 0.2) is 54.6 Å². The molecule has 2 saturated heterocycles. The zero-order chi connectivity index (χ0) is 28.0. The first-order chi connectivity index (χ1) is 18.7. The Balaban J connectivity index is 1.59. The number of aliphatic hydroxyl groups excluding tert-OH is 1. The maximum Gasteiger partial charge on any atom is 0.246 e. The van der Waals surface area contributed by atoms with E-state index in [0.29, 0.717) is 38.6 Å². The predicted octanol–water partition coefficient (Wildman–Crippen LogP) is 1.93. The quantitative estimate of drug-likeness (QED) is 0.404. The Morgan fingerprint density at radius 1 is 0.872 bits per heavy atom. The summed E-state index contributed by atoms with van der Waals surface area (Å²) in [5.41, 5.74) is 1.67. The van der Waals surface area contributed by atoms with Gasteiger partial charge >= 0.3 is 0 Å². The zero-order valence-electron chi connectivity index (χ0n) is 22.6. The fraction of sp³-hybridized carbons (Fsp3) is 0.467. The van der Waals surface area contributed by atoms with Crippen LogP contribution in [0.25, 0.3) is 11.1 Å². The number of hydrogen-bond donors (Lipinski definition) is 4. The molecule has 0 spiro atoms. The van der Waals surface area contributed by atoms with Crippen LogP contribution in [0.4, 0.5) is 0 Å². The summed E-state index contributed by atoms with van der Waals surface area (Å²) in [4.78, 5) is 55.2. The third-order valence-electron chi connectivity index (χ3n) is 7.48. The van der Waals surface area contributed by atoms with Crippen molar-refractivity contribution in [2.75, 3.05) is 13.2 Å². The van der Waals surface area contributed by atoms with E-state index in [1.165, 1.54) is 4.90 Å². The lowest BCUT2D eigenvalue weighted by atomic mass is 9.97. The minimum atomic E-state index is -1.32. The fourth-order valence-corrected chi connectivity index (χ4v) is 5.19. The van der Waals surface area contributed by atoms with Gasteiger partial charge in [0.25, 0.3) is 0 Å². The molecule has 0 aliphatic carbocycles. The van der Waals surface area contributed by atoms with E-state index in [9.17, 15) is 19.2 Å². The largest absolute Gasteiger partial charge is 0.396 e. The third kappa shape index (κ3) is 6.84. The Bertz CT molecular complexity index is 1180. The summed E-state index contributed by atoms with van der Waals surface area (Å²) in [5.74, 6) is -1.63. The minimum Gasteiger partial charge on any atom is -0.396 e. The van der Waals surface area contributed by atoms with Gasteiger partial charge in [-0.1, -0.05) is 54.6 Å².